The summed E-state index contributed by atoms with van der Waals surface area (Å²) in [6, 6.07) is 6.26. The third kappa shape index (κ3) is 4.14. The molecule has 1 rings (SSSR count). The van der Waals surface area contributed by atoms with Crippen LogP contribution < -0.4 is 11.1 Å². The van der Waals surface area contributed by atoms with Crippen molar-refractivity contribution in [1.82, 2.24) is 5.32 Å². The molecule has 1 aromatic carbocycles. The van der Waals surface area contributed by atoms with E-state index in [4.69, 9.17) is 5.73 Å². The molecular formula is C12H17N3O3. The van der Waals surface area contributed by atoms with Crippen LogP contribution in [0.25, 0.3) is 0 Å². The number of nitrogens with two attached hydrogens (primary N) is 1. The summed E-state index contributed by atoms with van der Waals surface area (Å²) in [5, 5.41) is 13.8. The van der Waals surface area contributed by atoms with E-state index in [1.165, 1.54) is 12.1 Å². The lowest BCUT2D eigenvalue weighted by molar-refractivity contribution is -0.384. The number of nitrogens with one attached hydrogen (secondary N) is 1. The Morgan fingerprint density at radius 3 is 2.72 bits per heavy atom. The molecule has 6 nitrogen and oxygen atoms in total. The van der Waals surface area contributed by atoms with Crippen molar-refractivity contribution in [2.75, 3.05) is 0 Å². The second kappa shape index (κ2) is 6.11. The van der Waals surface area contributed by atoms with Gasteiger partial charge in [-0.2, -0.15) is 0 Å². The van der Waals surface area contributed by atoms with Crippen LogP contribution in [0.5, 0.6) is 0 Å². The van der Waals surface area contributed by atoms with Gasteiger partial charge in [-0.05, 0) is 19.4 Å². The van der Waals surface area contributed by atoms with E-state index in [2.05, 4.69) is 5.32 Å². The summed E-state index contributed by atoms with van der Waals surface area (Å²) >= 11 is 0. The predicted octanol–water partition coefficient (Wildman–Crippen LogP) is 1.51. The van der Waals surface area contributed by atoms with E-state index in [0.717, 1.165) is 5.56 Å². The Morgan fingerprint density at radius 2 is 2.17 bits per heavy atom. The number of hydrogen-bond donors (Lipinski definition) is 2. The fourth-order valence-corrected chi connectivity index (χ4v) is 1.79. The molecule has 0 saturated heterocycles. The molecule has 0 fully saturated rings. The van der Waals surface area contributed by atoms with Crippen molar-refractivity contribution >= 4 is 11.6 Å². The smallest absolute Gasteiger partial charge is 0.269 e. The number of nitrogens with zero attached hydrogens (tertiary/aromatic N) is 1. The van der Waals surface area contributed by atoms with E-state index in [1.807, 2.05) is 19.9 Å². The number of amides is 1. The van der Waals surface area contributed by atoms with E-state index in [9.17, 15) is 14.9 Å². The summed E-state index contributed by atoms with van der Waals surface area (Å²) in [6.07, 6.45) is 0.235. The lowest BCUT2D eigenvalue weighted by Gasteiger charge is -2.19. The van der Waals surface area contributed by atoms with Gasteiger partial charge in [0.25, 0.3) is 5.69 Å². The molecule has 1 amide bonds. The Balaban J connectivity index is 2.71. The summed E-state index contributed by atoms with van der Waals surface area (Å²) in [6.45, 7) is 3.73. The summed E-state index contributed by atoms with van der Waals surface area (Å²) < 4.78 is 0. The second-order valence-electron chi connectivity index (χ2n) is 4.31. The third-order valence-electron chi connectivity index (χ3n) is 2.62. The molecule has 98 valence electrons. The molecule has 0 saturated carbocycles. The van der Waals surface area contributed by atoms with Gasteiger partial charge >= 0.3 is 0 Å². The first kappa shape index (κ1) is 14.1. The Hall–Kier alpha value is -1.95. The SMILES string of the molecule is CC(CC(N)=O)NC(C)c1cccc([N+](=O)[O-])c1. The minimum atomic E-state index is -0.428. The topological polar surface area (TPSA) is 98.3 Å². The number of nitro groups is 1. The van der Waals surface area contributed by atoms with E-state index in [-0.39, 0.29) is 30.1 Å². The largest absolute Gasteiger partial charge is 0.370 e. The van der Waals surface area contributed by atoms with E-state index < -0.39 is 4.92 Å². The van der Waals surface area contributed by atoms with Gasteiger partial charge in [0.2, 0.25) is 5.91 Å². The van der Waals surface area contributed by atoms with Crippen LogP contribution in [0.2, 0.25) is 0 Å². The fourth-order valence-electron chi connectivity index (χ4n) is 1.79. The molecule has 0 aliphatic heterocycles. The molecule has 1 aromatic rings. The molecule has 6 heteroatoms. The zero-order chi connectivity index (χ0) is 13.7. The maximum atomic E-state index is 10.8. The van der Waals surface area contributed by atoms with Crippen LogP contribution in [-0.2, 0) is 4.79 Å². The average molecular weight is 251 g/mol. The molecule has 18 heavy (non-hydrogen) atoms. The van der Waals surface area contributed by atoms with Gasteiger partial charge in [0.15, 0.2) is 0 Å². The lowest BCUT2D eigenvalue weighted by Crippen LogP contribution is -2.32. The fraction of sp³-hybridized carbons (Fsp3) is 0.417. The number of hydrogen-bond acceptors (Lipinski definition) is 4. The highest BCUT2D eigenvalue weighted by atomic mass is 16.6. The van der Waals surface area contributed by atoms with Crippen molar-refractivity contribution in [2.45, 2.75) is 32.4 Å². The molecule has 0 aliphatic rings. The van der Waals surface area contributed by atoms with Crippen LogP contribution in [0.15, 0.2) is 24.3 Å². The number of carbonyl (C=O) groups excluding carboxylic acids is 1. The third-order valence-corrected chi connectivity index (χ3v) is 2.62. The van der Waals surface area contributed by atoms with Crippen molar-refractivity contribution in [3.05, 3.63) is 39.9 Å². The minimum Gasteiger partial charge on any atom is -0.370 e. The maximum absolute atomic E-state index is 10.8. The van der Waals surface area contributed by atoms with Gasteiger partial charge in [0, 0.05) is 30.6 Å². The minimum absolute atomic E-state index is 0.0590. The van der Waals surface area contributed by atoms with Crippen LogP contribution >= 0.6 is 0 Å². The summed E-state index contributed by atoms with van der Waals surface area (Å²) in [5.74, 6) is -0.374. The molecule has 0 aromatic heterocycles. The first-order valence-corrected chi connectivity index (χ1v) is 5.69. The molecule has 0 spiro atoms. The molecule has 0 aliphatic carbocycles. The van der Waals surface area contributed by atoms with Gasteiger partial charge < -0.3 is 11.1 Å². The summed E-state index contributed by atoms with van der Waals surface area (Å²) in [5.41, 5.74) is 5.97. The van der Waals surface area contributed by atoms with Crippen LogP contribution in [0.1, 0.15) is 31.9 Å². The molecular weight excluding hydrogens is 234 g/mol. The Labute approximate surface area is 105 Å². The van der Waals surface area contributed by atoms with Crippen molar-refractivity contribution in [1.29, 1.82) is 0 Å². The van der Waals surface area contributed by atoms with E-state index in [1.54, 1.807) is 6.07 Å². The molecule has 2 atom stereocenters. The van der Waals surface area contributed by atoms with Gasteiger partial charge in [-0.3, -0.25) is 14.9 Å². The molecule has 0 bridgehead atoms. The maximum Gasteiger partial charge on any atom is 0.269 e. The van der Waals surface area contributed by atoms with Crippen molar-refractivity contribution < 1.29 is 9.72 Å². The van der Waals surface area contributed by atoms with E-state index in [0.29, 0.717) is 0 Å². The summed E-state index contributed by atoms with van der Waals surface area (Å²) in [4.78, 5) is 21.0. The van der Waals surface area contributed by atoms with Crippen LogP contribution in [0.3, 0.4) is 0 Å². The Kier molecular flexibility index (Phi) is 4.79. The van der Waals surface area contributed by atoms with Crippen LogP contribution in [0, 0.1) is 10.1 Å². The first-order valence-electron chi connectivity index (χ1n) is 5.69. The number of non-ortho nitro benzene ring substituents is 1. The molecule has 2 unspecified atom stereocenters. The molecule has 0 radical (unpaired) electrons. The molecule has 3 N–H and O–H groups in total. The van der Waals surface area contributed by atoms with Gasteiger partial charge in [-0.1, -0.05) is 12.1 Å². The highest BCUT2D eigenvalue weighted by molar-refractivity contribution is 5.74. The number of carbonyl (C=O) groups is 1. The van der Waals surface area contributed by atoms with Gasteiger partial charge in [-0.25, -0.2) is 0 Å². The van der Waals surface area contributed by atoms with Crippen molar-refractivity contribution in [3.63, 3.8) is 0 Å². The standard InChI is InChI=1S/C12H17N3O3/c1-8(6-12(13)16)14-9(2)10-4-3-5-11(7-10)15(17)18/h3-5,7-9,14H,6H2,1-2H3,(H2,13,16). The number of rotatable bonds is 6. The highest BCUT2D eigenvalue weighted by Crippen LogP contribution is 2.19. The summed E-state index contributed by atoms with van der Waals surface area (Å²) in [7, 11) is 0. The molecule has 0 heterocycles. The van der Waals surface area contributed by atoms with Crippen LogP contribution in [0.4, 0.5) is 5.69 Å². The van der Waals surface area contributed by atoms with Gasteiger partial charge in [0.1, 0.15) is 0 Å². The van der Waals surface area contributed by atoms with E-state index >= 15 is 0 Å². The van der Waals surface area contributed by atoms with Gasteiger partial charge in [0.05, 0.1) is 4.92 Å². The lowest BCUT2D eigenvalue weighted by atomic mass is 10.1. The Morgan fingerprint density at radius 1 is 1.50 bits per heavy atom. The first-order chi connectivity index (χ1) is 8.40. The zero-order valence-corrected chi connectivity index (χ0v) is 10.4. The zero-order valence-electron chi connectivity index (χ0n) is 10.4. The van der Waals surface area contributed by atoms with Gasteiger partial charge in [-0.15, -0.1) is 0 Å². The monoisotopic (exact) mass is 251 g/mol. The van der Waals surface area contributed by atoms with Crippen molar-refractivity contribution in [2.24, 2.45) is 5.73 Å². The average Bonchev–Trinajstić information content (AvgIpc) is 2.27. The Bertz CT molecular complexity index is 448. The quantitative estimate of drug-likeness (QED) is 0.591. The second-order valence-corrected chi connectivity index (χ2v) is 4.31. The predicted molar refractivity (Wildman–Crippen MR) is 67.9 cm³/mol. The van der Waals surface area contributed by atoms with Crippen LogP contribution in [-0.4, -0.2) is 16.9 Å². The normalized spacial score (nSPS) is 13.9. The highest BCUT2D eigenvalue weighted by Gasteiger charge is 2.14. The number of nitro benzene ring substituents is 1. The number of benzene rings is 1. The van der Waals surface area contributed by atoms with Crippen molar-refractivity contribution in [3.8, 4) is 0 Å². The number of primary amides is 1.